The minimum absolute atomic E-state index is 0.153. The van der Waals surface area contributed by atoms with E-state index in [4.69, 9.17) is 0 Å². The molecule has 1 aliphatic carbocycles. The van der Waals surface area contributed by atoms with Gasteiger partial charge in [-0.1, -0.05) is 19.8 Å². The molecule has 6 nitrogen and oxygen atoms in total. The third-order valence-electron chi connectivity index (χ3n) is 5.93. The normalized spacial score (nSPS) is 20.0. The lowest BCUT2D eigenvalue weighted by Crippen LogP contribution is -2.41. The van der Waals surface area contributed by atoms with Crippen LogP contribution in [0.1, 0.15) is 69.4 Å². The van der Waals surface area contributed by atoms with Crippen LogP contribution in [-0.2, 0) is 4.79 Å². The molecule has 0 saturated heterocycles. The highest BCUT2D eigenvalue weighted by Gasteiger charge is 2.24. The summed E-state index contributed by atoms with van der Waals surface area (Å²) >= 11 is 0. The number of nitrogens with zero attached hydrogens (tertiary/aromatic N) is 4. The molecule has 1 N–H and O–H groups in total. The molecule has 2 aromatic heterocycles. The van der Waals surface area contributed by atoms with E-state index in [2.05, 4.69) is 41.8 Å². The zero-order chi connectivity index (χ0) is 21.1. The summed E-state index contributed by atoms with van der Waals surface area (Å²) in [5, 5.41) is 17.1. The van der Waals surface area contributed by atoms with E-state index in [1.165, 1.54) is 6.42 Å². The van der Waals surface area contributed by atoms with Crippen molar-refractivity contribution >= 4 is 12.0 Å². The second-order valence-corrected chi connectivity index (χ2v) is 8.40. The fourth-order valence-corrected chi connectivity index (χ4v) is 4.25. The lowest BCUT2D eigenvalue weighted by molar-refractivity contribution is -0.118. The van der Waals surface area contributed by atoms with Crippen molar-refractivity contribution in [2.75, 3.05) is 0 Å². The van der Waals surface area contributed by atoms with Crippen LogP contribution in [-0.4, -0.2) is 26.3 Å². The summed E-state index contributed by atoms with van der Waals surface area (Å²) < 4.78 is 4.09. The molecular formula is C23H31N5O. The maximum absolute atomic E-state index is 12.7. The van der Waals surface area contributed by atoms with E-state index in [1.54, 1.807) is 12.3 Å². The lowest BCUT2D eigenvalue weighted by Gasteiger charge is -2.29. The van der Waals surface area contributed by atoms with Crippen LogP contribution in [0.2, 0.25) is 0 Å². The van der Waals surface area contributed by atoms with Gasteiger partial charge in [-0.25, -0.2) is 4.68 Å². The van der Waals surface area contributed by atoms with Crippen LogP contribution >= 0.6 is 0 Å². The van der Waals surface area contributed by atoms with Gasteiger partial charge in [-0.3, -0.25) is 4.79 Å². The van der Waals surface area contributed by atoms with Gasteiger partial charge in [-0.05, 0) is 64.2 Å². The number of hydrogen-bond donors (Lipinski definition) is 1. The molecule has 3 rings (SSSR count). The molecule has 1 fully saturated rings. The summed E-state index contributed by atoms with van der Waals surface area (Å²) in [6.45, 7) is 10.4. The van der Waals surface area contributed by atoms with E-state index in [-0.39, 0.29) is 23.6 Å². The van der Waals surface area contributed by atoms with Gasteiger partial charge < -0.3 is 9.88 Å². The molecule has 0 aromatic carbocycles. The fourth-order valence-electron chi connectivity index (χ4n) is 4.25. The Morgan fingerprint density at radius 2 is 2.07 bits per heavy atom. The first-order valence-electron chi connectivity index (χ1n) is 10.5. The first-order chi connectivity index (χ1) is 13.8. The number of amides is 1. The summed E-state index contributed by atoms with van der Waals surface area (Å²) in [5.41, 5.74) is 3.05. The van der Waals surface area contributed by atoms with E-state index in [0.717, 1.165) is 42.0 Å². The van der Waals surface area contributed by atoms with Crippen molar-refractivity contribution in [1.29, 1.82) is 5.26 Å². The first kappa shape index (κ1) is 20.9. The van der Waals surface area contributed by atoms with Crippen molar-refractivity contribution in [3.8, 4) is 11.9 Å². The molecule has 29 heavy (non-hydrogen) atoms. The molecule has 0 spiro atoms. The van der Waals surface area contributed by atoms with Crippen LogP contribution in [0.3, 0.4) is 0 Å². The van der Waals surface area contributed by atoms with Gasteiger partial charge in [0.05, 0.1) is 6.20 Å². The number of nitrogens with one attached hydrogen (secondary N) is 1. The minimum Gasteiger partial charge on any atom is -0.348 e. The SMILES string of the molecule is Cc1cc(/C=C(\C#N)C(=O)N[C@H]2CCCC[C@H]2C)c(C)n1-c1ccnn1C(C)C. The Balaban J connectivity index is 1.90. The Morgan fingerprint density at radius 3 is 2.72 bits per heavy atom. The number of hydrogen-bond acceptors (Lipinski definition) is 3. The van der Waals surface area contributed by atoms with Gasteiger partial charge in [0.2, 0.25) is 0 Å². The molecule has 2 atom stereocenters. The molecule has 0 unspecified atom stereocenters. The van der Waals surface area contributed by atoms with Crippen molar-refractivity contribution in [2.45, 2.75) is 72.4 Å². The molecule has 6 heteroatoms. The fraction of sp³-hybridized carbons (Fsp3) is 0.522. The van der Waals surface area contributed by atoms with Gasteiger partial charge in [-0.2, -0.15) is 10.4 Å². The summed E-state index contributed by atoms with van der Waals surface area (Å²) in [5.74, 6) is 1.16. The van der Waals surface area contributed by atoms with Crippen LogP contribution in [0.15, 0.2) is 23.9 Å². The molecule has 0 aliphatic heterocycles. The number of nitriles is 1. The molecular weight excluding hydrogens is 362 g/mol. The van der Waals surface area contributed by atoms with Gasteiger partial charge in [0.25, 0.3) is 5.91 Å². The minimum atomic E-state index is -0.275. The number of carbonyl (C=O) groups excluding carboxylic acids is 1. The van der Waals surface area contributed by atoms with Gasteiger partial charge in [0, 0.05) is 29.5 Å². The molecule has 2 heterocycles. The van der Waals surface area contributed by atoms with Crippen molar-refractivity contribution in [1.82, 2.24) is 19.7 Å². The average Bonchev–Trinajstić information content (AvgIpc) is 3.25. The number of aryl methyl sites for hydroxylation is 1. The summed E-state index contributed by atoms with van der Waals surface area (Å²) in [4.78, 5) is 12.7. The monoisotopic (exact) mass is 393 g/mol. The predicted octanol–water partition coefficient (Wildman–Crippen LogP) is 4.47. The van der Waals surface area contributed by atoms with Crippen LogP contribution in [0.25, 0.3) is 11.9 Å². The van der Waals surface area contributed by atoms with E-state index >= 15 is 0 Å². The molecule has 1 amide bonds. The quantitative estimate of drug-likeness (QED) is 0.601. The van der Waals surface area contributed by atoms with Crippen LogP contribution in [0.5, 0.6) is 0 Å². The van der Waals surface area contributed by atoms with Crippen LogP contribution in [0, 0.1) is 31.1 Å². The molecule has 2 aromatic rings. The Hall–Kier alpha value is -2.81. The van der Waals surface area contributed by atoms with E-state index < -0.39 is 0 Å². The second-order valence-electron chi connectivity index (χ2n) is 8.40. The maximum atomic E-state index is 12.7. The smallest absolute Gasteiger partial charge is 0.262 e. The van der Waals surface area contributed by atoms with Crippen molar-refractivity contribution in [3.05, 3.63) is 40.9 Å². The summed E-state index contributed by atoms with van der Waals surface area (Å²) in [7, 11) is 0. The third kappa shape index (κ3) is 4.29. The van der Waals surface area contributed by atoms with Crippen LogP contribution in [0.4, 0.5) is 0 Å². The molecule has 1 aliphatic rings. The lowest BCUT2D eigenvalue weighted by atomic mass is 9.86. The average molecular weight is 394 g/mol. The highest BCUT2D eigenvalue weighted by molar-refractivity contribution is 6.02. The Kier molecular flexibility index (Phi) is 6.26. The summed E-state index contributed by atoms with van der Waals surface area (Å²) in [6, 6.07) is 6.48. The highest BCUT2D eigenvalue weighted by Crippen LogP contribution is 2.26. The van der Waals surface area contributed by atoms with Gasteiger partial charge in [-0.15, -0.1) is 0 Å². The Morgan fingerprint density at radius 1 is 1.34 bits per heavy atom. The topological polar surface area (TPSA) is 75.6 Å². The number of carbonyl (C=O) groups is 1. The van der Waals surface area contributed by atoms with Gasteiger partial charge in [0.15, 0.2) is 0 Å². The zero-order valence-corrected chi connectivity index (χ0v) is 18.1. The highest BCUT2D eigenvalue weighted by atomic mass is 16.1. The summed E-state index contributed by atoms with van der Waals surface area (Å²) in [6.07, 6.45) is 7.96. The molecule has 0 radical (unpaired) electrons. The van der Waals surface area contributed by atoms with E-state index in [1.807, 2.05) is 30.7 Å². The third-order valence-corrected chi connectivity index (χ3v) is 5.93. The predicted molar refractivity (Wildman–Crippen MR) is 115 cm³/mol. The van der Waals surface area contributed by atoms with Crippen molar-refractivity contribution in [2.24, 2.45) is 5.92 Å². The Bertz CT molecular complexity index is 957. The number of aromatic nitrogens is 3. The Labute approximate surface area is 173 Å². The van der Waals surface area contributed by atoms with E-state index in [9.17, 15) is 10.1 Å². The first-order valence-corrected chi connectivity index (χ1v) is 10.5. The van der Waals surface area contributed by atoms with Crippen LogP contribution < -0.4 is 5.32 Å². The molecule has 154 valence electrons. The zero-order valence-electron chi connectivity index (χ0n) is 18.1. The van der Waals surface area contributed by atoms with E-state index in [0.29, 0.717) is 5.92 Å². The van der Waals surface area contributed by atoms with Crippen molar-refractivity contribution in [3.63, 3.8) is 0 Å². The second kappa shape index (κ2) is 8.69. The molecule has 1 saturated carbocycles. The van der Waals surface area contributed by atoms with Gasteiger partial charge >= 0.3 is 0 Å². The maximum Gasteiger partial charge on any atom is 0.262 e. The van der Waals surface area contributed by atoms with Crippen molar-refractivity contribution < 1.29 is 4.79 Å². The molecule has 0 bridgehead atoms. The number of rotatable bonds is 5. The largest absolute Gasteiger partial charge is 0.348 e. The van der Waals surface area contributed by atoms with Gasteiger partial charge in [0.1, 0.15) is 17.5 Å². The standard InChI is InChI=1S/C23H31N5O/c1-15(2)28-22(10-11-25-28)27-17(4)12-19(18(27)5)13-20(14-24)23(29)26-21-9-7-6-8-16(21)3/h10-13,15-16,21H,6-9H2,1-5H3,(H,26,29)/b20-13+/t16-,21+/m1/s1.